The number of benzene rings is 4. The van der Waals surface area contributed by atoms with Crippen LogP contribution in [0.4, 0.5) is 9.59 Å². The molecule has 0 unspecified atom stereocenters. The van der Waals surface area contributed by atoms with Crippen LogP contribution in [0, 0.1) is 5.92 Å². The number of aryl methyl sites for hydroxylation is 1. The Bertz CT molecular complexity index is 2920. The Morgan fingerprint density at radius 3 is 1.88 bits per heavy atom. The Kier molecular flexibility index (Phi) is 12.3. The highest BCUT2D eigenvalue weighted by atomic mass is 16.5. The van der Waals surface area contributed by atoms with E-state index in [9.17, 15) is 19.2 Å². The molecule has 2 aliphatic heterocycles. The first-order valence-electron chi connectivity index (χ1n) is 22.6. The van der Waals surface area contributed by atoms with Gasteiger partial charge < -0.3 is 44.4 Å². The number of amides is 4. The number of methoxy groups -OCH3 is 2. The molecule has 0 aliphatic carbocycles. The van der Waals surface area contributed by atoms with Crippen molar-refractivity contribution in [2.75, 3.05) is 27.3 Å². The second kappa shape index (κ2) is 18.6. The van der Waals surface area contributed by atoms with Crippen LogP contribution >= 0.6 is 0 Å². The van der Waals surface area contributed by atoms with E-state index in [2.05, 4.69) is 81.3 Å². The van der Waals surface area contributed by atoms with Crippen molar-refractivity contribution in [1.29, 1.82) is 0 Å². The number of rotatable bonds is 12. The average molecular weight is 890 g/mol. The molecule has 0 saturated carbocycles. The van der Waals surface area contributed by atoms with Crippen LogP contribution < -0.4 is 10.6 Å². The Balaban J connectivity index is 0.870. The number of aromatic nitrogens is 5. The number of hydrogen-bond acceptors (Lipinski definition) is 8. The quantitative estimate of drug-likeness (QED) is 0.0944. The number of likely N-dealkylation sites (tertiary alicyclic amines) is 2. The molecule has 7 aromatic rings. The lowest BCUT2D eigenvalue weighted by molar-refractivity contribution is -0.135. The van der Waals surface area contributed by atoms with Crippen LogP contribution in [0.1, 0.15) is 68.8 Å². The maximum Gasteiger partial charge on any atom is 0.407 e. The van der Waals surface area contributed by atoms with E-state index in [1.165, 1.54) is 14.2 Å². The molecular formula is C51H55N9O6. The highest BCUT2D eigenvalue weighted by molar-refractivity contribution is 5.92. The first-order valence-corrected chi connectivity index (χ1v) is 22.6. The Morgan fingerprint density at radius 2 is 1.24 bits per heavy atom. The fourth-order valence-electron chi connectivity index (χ4n) is 9.66. The first-order chi connectivity index (χ1) is 32.0. The van der Waals surface area contributed by atoms with Gasteiger partial charge in [0.05, 0.1) is 50.1 Å². The monoisotopic (exact) mass is 889 g/mol. The van der Waals surface area contributed by atoms with Gasteiger partial charge in [-0.15, -0.1) is 0 Å². The van der Waals surface area contributed by atoms with E-state index in [1.54, 1.807) is 0 Å². The van der Waals surface area contributed by atoms with Gasteiger partial charge in [0.15, 0.2) is 0 Å². The minimum absolute atomic E-state index is 0.110. The Morgan fingerprint density at radius 1 is 0.697 bits per heavy atom. The van der Waals surface area contributed by atoms with Crippen LogP contribution in [0.5, 0.6) is 0 Å². The number of fused-ring (bicyclic) bond motifs is 2. The number of carbonyl (C=O) groups excluding carboxylic acids is 4. The number of hydrogen-bond donors (Lipinski definition) is 4. The molecule has 66 heavy (non-hydrogen) atoms. The third kappa shape index (κ3) is 8.72. The van der Waals surface area contributed by atoms with Crippen LogP contribution in [0.2, 0.25) is 0 Å². The summed E-state index contributed by atoms with van der Waals surface area (Å²) in [6, 6.07) is 27.2. The highest BCUT2D eigenvalue weighted by Gasteiger charge is 2.39. The summed E-state index contributed by atoms with van der Waals surface area (Å²) in [5, 5.41) is 8.74. The summed E-state index contributed by atoms with van der Waals surface area (Å²) in [6.45, 7) is 4.96. The molecule has 2 saturated heterocycles. The summed E-state index contributed by atoms with van der Waals surface area (Å²) in [4.78, 5) is 72.5. The summed E-state index contributed by atoms with van der Waals surface area (Å²) in [6.07, 6.45) is 7.90. The molecule has 2 fully saturated rings. The summed E-state index contributed by atoms with van der Waals surface area (Å²) in [5.74, 6) is 1.01. The van der Waals surface area contributed by atoms with Crippen LogP contribution in [-0.4, -0.2) is 97.7 Å². The molecule has 9 rings (SSSR count). The number of H-pyrrole nitrogens is 2. The van der Waals surface area contributed by atoms with Gasteiger partial charge in [-0.1, -0.05) is 80.6 Å². The summed E-state index contributed by atoms with van der Waals surface area (Å²) in [5.41, 5.74) is 7.86. The van der Waals surface area contributed by atoms with Crippen molar-refractivity contribution >= 4 is 45.7 Å². The number of para-hydroxylation sites is 1. The zero-order valence-electron chi connectivity index (χ0n) is 37.8. The van der Waals surface area contributed by atoms with Gasteiger partial charge >= 0.3 is 12.2 Å². The molecule has 0 spiro atoms. The second-order valence-electron chi connectivity index (χ2n) is 17.6. The molecule has 4 amide bonds. The van der Waals surface area contributed by atoms with Gasteiger partial charge in [0.25, 0.3) is 0 Å². The van der Waals surface area contributed by atoms with Crippen molar-refractivity contribution in [3.63, 3.8) is 0 Å². The average Bonchev–Trinajstić information content (AvgIpc) is 4.20. The fraction of sp³-hybridized carbons (Fsp3) is 0.333. The maximum atomic E-state index is 14.3. The van der Waals surface area contributed by atoms with E-state index in [4.69, 9.17) is 19.4 Å². The van der Waals surface area contributed by atoms with E-state index in [1.807, 2.05) is 78.1 Å². The standard InChI is InChI=1S/C51H55N9O6/c1-30(2)45(57-51(64)66-5)49(62)60-23-9-13-44(60)47-53-28-41(55-47)36-21-20-34-24-33(18-19-35(34)25-36)31-14-16-32(17-15-31)40-27-52-46(54-40)43-12-8-22-59(43)48(61)39(56-50(63)65-4)26-37-29-58(3)42-11-7-6-10-38(37)42/h6-7,10-11,14-21,24-25,27-30,39,43-45H,8-9,12-13,22-23,26H2,1-5H3,(H,52,54)(H,53,55)(H,56,63)(H,57,64)/t39-,43+,44+,45+/m1/s1. The minimum Gasteiger partial charge on any atom is -0.453 e. The lowest BCUT2D eigenvalue weighted by Crippen LogP contribution is -2.51. The van der Waals surface area contributed by atoms with Crippen molar-refractivity contribution in [1.82, 2.24) is 44.9 Å². The number of nitrogens with one attached hydrogen (secondary N) is 4. The van der Waals surface area contributed by atoms with Crippen molar-refractivity contribution in [3.05, 3.63) is 121 Å². The molecule has 4 aromatic carbocycles. The molecule has 15 nitrogen and oxygen atoms in total. The number of nitrogens with zero attached hydrogens (tertiary/aromatic N) is 5. The van der Waals surface area contributed by atoms with Crippen LogP contribution in [0.3, 0.4) is 0 Å². The van der Waals surface area contributed by atoms with Crippen LogP contribution in [0.25, 0.3) is 55.3 Å². The van der Waals surface area contributed by atoms with Crippen molar-refractivity contribution in [2.45, 2.75) is 70.1 Å². The zero-order valence-corrected chi connectivity index (χ0v) is 37.8. The lowest BCUT2D eigenvalue weighted by atomic mass is 9.98. The second-order valence-corrected chi connectivity index (χ2v) is 17.6. The van der Waals surface area contributed by atoms with Gasteiger partial charge in [0, 0.05) is 49.2 Å². The largest absolute Gasteiger partial charge is 0.453 e. The molecule has 4 N–H and O–H groups in total. The molecule has 4 atom stereocenters. The van der Waals surface area contributed by atoms with Gasteiger partial charge in [0.1, 0.15) is 23.7 Å². The molecule has 0 bridgehead atoms. The topological polar surface area (TPSA) is 180 Å². The van der Waals surface area contributed by atoms with Gasteiger partial charge in [-0.3, -0.25) is 9.59 Å². The van der Waals surface area contributed by atoms with E-state index >= 15 is 0 Å². The van der Waals surface area contributed by atoms with Crippen molar-refractivity contribution < 1.29 is 28.7 Å². The van der Waals surface area contributed by atoms with Crippen molar-refractivity contribution in [3.8, 4) is 33.6 Å². The molecule has 15 heteroatoms. The number of imidazole rings is 2. The zero-order chi connectivity index (χ0) is 46.1. The summed E-state index contributed by atoms with van der Waals surface area (Å²) >= 11 is 0. The van der Waals surface area contributed by atoms with Crippen LogP contribution in [-0.2, 0) is 32.5 Å². The number of aromatic amines is 2. The fourth-order valence-corrected chi connectivity index (χ4v) is 9.66. The Labute approximate surface area is 382 Å². The molecule has 2 aliphatic rings. The predicted molar refractivity (Wildman–Crippen MR) is 252 cm³/mol. The van der Waals surface area contributed by atoms with Gasteiger partial charge in [0.2, 0.25) is 11.8 Å². The predicted octanol–water partition coefficient (Wildman–Crippen LogP) is 8.45. The van der Waals surface area contributed by atoms with Gasteiger partial charge in [-0.2, -0.15) is 0 Å². The molecule has 340 valence electrons. The van der Waals surface area contributed by atoms with E-state index in [-0.39, 0.29) is 29.8 Å². The first kappa shape index (κ1) is 43.8. The molecule has 0 radical (unpaired) electrons. The molecule has 5 heterocycles. The Hall–Kier alpha value is -7.42. The van der Waals surface area contributed by atoms with E-state index < -0.39 is 24.3 Å². The summed E-state index contributed by atoms with van der Waals surface area (Å²) in [7, 11) is 4.57. The van der Waals surface area contributed by atoms with Crippen LogP contribution in [0.15, 0.2) is 104 Å². The van der Waals surface area contributed by atoms with Gasteiger partial charge in [-0.25, -0.2) is 19.6 Å². The number of carbonyl (C=O) groups is 4. The number of alkyl carbamates (subject to hydrolysis) is 2. The molecular weight excluding hydrogens is 835 g/mol. The third-order valence-electron chi connectivity index (χ3n) is 13.1. The highest BCUT2D eigenvalue weighted by Crippen LogP contribution is 2.36. The SMILES string of the molecule is COC(=O)N[C@H](C(=O)N1CCC[C@H]1c1ncc(-c2ccc3cc(-c4ccc(-c5cnc([C@@H]6CCCN6C(=O)[C@@H](Cc6cn(C)c7ccccc67)NC(=O)OC)[nH]5)cc4)ccc3c2)[nH]1)C(C)C. The van der Waals surface area contributed by atoms with E-state index in [0.29, 0.717) is 25.3 Å². The minimum atomic E-state index is -0.816. The van der Waals surface area contributed by atoms with Gasteiger partial charge in [-0.05, 0) is 82.8 Å². The number of ether oxygens (including phenoxy) is 2. The van der Waals surface area contributed by atoms with E-state index in [0.717, 1.165) is 92.4 Å². The lowest BCUT2D eigenvalue weighted by Gasteiger charge is -2.30. The smallest absolute Gasteiger partial charge is 0.407 e. The third-order valence-corrected chi connectivity index (χ3v) is 13.1. The molecule has 3 aromatic heterocycles. The maximum absolute atomic E-state index is 14.3. The summed E-state index contributed by atoms with van der Waals surface area (Å²) < 4.78 is 11.8. The normalized spacial score (nSPS) is 17.1. The van der Waals surface area contributed by atoms with Crippen molar-refractivity contribution in [2.24, 2.45) is 13.0 Å².